The number of rotatable bonds is 3. The number of nitrogens with zero attached hydrogens (tertiary/aromatic N) is 1. The fourth-order valence-electron chi connectivity index (χ4n) is 1.85. The van der Waals surface area contributed by atoms with E-state index in [4.69, 9.17) is 5.73 Å². The lowest BCUT2D eigenvalue weighted by Crippen LogP contribution is -1.97. The van der Waals surface area contributed by atoms with Gasteiger partial charge in [-0.15, -0.1) is 0 Å². The molecule has 2 N–H and O–H groups in total. The molecule has 0 aliphatic rings. The highest BCUT2D eigenvalue weighted by Crippen LogP contribution is 2.26. The number of nitrogen functional groups attached to an aromatic ring is 1. The number of thioether (sulfide) groups is 1. The van der Waals surface area contributed by atoms with Crippen LogP contribution in [0.25, 0.3) is 10.9 Å². The van der Waals surface area contributed by atoms with Crippen LogP contribution in [0, 0.1) is 0 Å². The summed E-state index contributed by atoms with van der Waals surface area (Å²) in [6.07, 6.45) is 0. The van der Waals surface area contributed by atoms with Gasteiger partial charge in [-0.05, 0) is 17.9 Å². The average Bonchev–Trinajstić information content (AvgIpc) is 2.54. The molecule has 1 aromatic carbocycles. The maximum atomic E-state index is 5.97. The Morgan fingerprint density at radius 3 is 2.87 bits per heavy atom. The Balaban J connectivity index is 2.50. The van der Waals surface area contributed by atoms with Crippen molar-refractivity contribution in [3.63, 3.8) is 0 Å². The number of hydrogen-bond acceptors (Lipinski definition) is 2. The van der Waals surface area contributed by atoms with Gasteiger partial charge in [-0.25, -0.2) is 0 Å². The number of nitrogens with two attached hydrogens (primary N) is 1. The molecule has 0 saturated heterocycles. The largest absolute Gasteiger partial charge is 0.397 e. The summed E-state index contributed by atoms with van der Waals surface area (Å²) in [6, 6.07) is 8.31. The SMILES string of the molecule is CCSCc1cc2cccc(N)c2n1C. The van der Waals surface area contributed by atoms with Gasteiger partial charge in [0.25, 0.3) is 0 Å². The van der Waals surface area contributed by atoms with E-state index in [2.05, 4.69) is 30.7 Å². The molecule has 2 nitrogen and oxygen atoms in total. The number of benzene rings is 1. The van der Waals surface area contributed by atoms with Gasteiger partial charge < -0.3 is 10.3 Å². The number of aromatic nitrogens is 1. The van der Waals surface area contributed by atoms with E-state index < -0.39 is 0 Å². The van der Waals surface area contributed by atoms with Gasteiger partial charge in [0.1, 0.15) is 0 Å². The summed E-state index contributed by atoms with van der Waals surface area (Å²) in [6.45, 7) is 2.18. The van der Waals surface area contributed by atoms with Crippen LogP contribution in [-0.2, 0) is 12.8 Å². The van der Waals surface area contributed by atoms with Gasteiger partial charge in [-0.3, -0.25) is 0 Å². The molecule has 2 aromatic rings. The molecule has 0 atom stereocenters. The number of aryl methyl sites for hydroxylation is 1. The van der Waals surface area contributed by atoms with Crippen molar-refractivity contribution in [2.45, 2.75) is 12.7 Å². The van der Waals surface area contributed by atoms with E-state index in [0.29, 0.717) is 0 Å². The molecule has 0 aliphatic heterocycles. The lowest BCUT2D eigenvalue weighted by atomic mass is 10.2. The van der Waals surface area contributed by atoms with Crippen LogP contribution in [0.2, 0.25) is 0 Å². The first-order valence-corrected chi connectivity index (χ1v) is 6.30. The van der Waals surface area contributed by atoms with E-state index >= 15 is 0 Å². The Morgan fingerprint density at radius 2 is 2.20 bits per heavy atom. The van der Waals surface area contributed by atoms with Crippen molar-refractivity contribution in [3.8, 4) is 0 Å². The van der Waals surface area contributed by atoms with Crippen molar-refractivity contribution in [2.75, 3.05) is 11.5 Å². The highest BCUT2D eigenvalue weighted by molar-refractivity contribution is 7.98. The zero-order chi connectivity index (χ0) is 10.8. The van der Waals surface area contributed by atoms with Crippen molar-refractivity contribution >= 4 is 28.4 Å². The van der Waals surface area contributed by atoms with Crippen molar-refractivity contribution in [1.29, 1.82) is 0 Å². The van der Waals surface area contributed by atoms with E-state index in [0.717, 1.165) is 22.7 Å². The molecular weight excluding hydrogens is 204 g/mol. The summed E-state index contributed by atoms with van der Waals surface area (Å²) in [7, 11) is 2.09. The minimum Gasteiger partial charge on any atom is -0.397 e. The predicted octanol–water partition coefficient (Wildman–Crippen LogP) is 3.01. The quantitative estimate of drug-likeness (QED) is 0.806. The highest BCUT2D eigenvalue weighted by Gasteiger charge is 2.07. The van der Waals surface area contributed by atoms with E-state index in [1.54, 1.807) is 0 Å². The molecule has 0 amide bonds. The van der Waals surface area contributed by atoms with Crippen LogP contribution in [0.4, 0.5) is 5.69 Å². The van der Waals surface area contributed by atoms with Gasteiger partial charge >= 0.3 is 0 Å². The molecule has 0 unspecified atom stereocenters. The van der Waals surface area contributed by atoms with Gasteiger partial charge in [0.2, 0.25) is 0 Å². The van der Waals surface area contributed by atoms with E-state index in [-0.39, 0.29) is 0 Å². The van der Waals surface area contributed by atoms with Gasteiger partial charge in [0, 0.05) is 23.9 Å². The van der Waals surface area contributed by atoms with Crippen molar-refractivity contribution in [2.24, 2.45) is 7.05 Å². The first kappa shape index (κ1) is 10.4. The first-order valence-electron chi connectivity index (χ1n) is 5.14. The maximum absolute atomic E-state index is 5.97. The van der Waals surface area contributed by atoms with Crippen LogP contribution in [0.1, 0.15) is 12.6 Å². The van der Waals surface area contributed by atoms with Crippen molar-refractivity contribution in [3.05, 3.63) is 30.0 Å². The van der Waals surface area contributed by atoms with Crippen LogP contribution in [0.3, 0.4) is 0 Å². The smallest absolute Gasteiger partial charge is 0.0713 e. The third-order valence-corrected chi connectivity index (χ3v) is 3.55. The molecule has 0 spiro atoms. The minimum absolute atomic E-state index is 0.864. The van der Waals surface area contributed by atoms with Crippen molar-refractivity contribution < 1.29 is 0 Å². The Labute approximate surface area is 94.5 Å². The molecule has 0 fully saturated rings. The Morgan fingerprint density at radius 1 is 1.40 bits per heavy atom. The van der Waals surface area contributed by atoms with Crippen LogP contribution in [-0.4, -0.2) is 10.3 Å². The molecule has 2 rings (SSSR count). The average molecular weight is 220 g/mol. The van der Waals surface area contributed by atoms with Crippen LogP contribution in [0.15, 0.2) is 24.3 Å². The number of fused-ring (bicyclic) bond motifs is 1. The fraction of sp³-hybridized carbons (Fsp3) is 0.333. The van der Waals surface area contributed by atoms with Gasteiger partial charge in [0.05, 0.1) is 11.2 Å². The number of anilines is 1. The second kappa shape index (κ2) is 4.19. The standard InChI is InChI=1S/C12H16N2S/c1-3-15-8-10-7-9-5-4-6-11(13)12(9)14(10)2/h4-7H,3,8,13H2,1-2H3. The zero-order valence-electron chi connectivity index (χ0n) is 9.16. The molecule has 0 aliphatic carbocycles. The summed E-state index contributed by atoms with van der Waals surface area (Å²) in [5.74, 6) is 2.21. The second-order valence-corrected chi connectivity index (χ2v) is 4.89. The predicted molar refractivity (Wildman–Crippen MR) is 69.2 cm³/mol. The monoisotopic (exact) mass is 220 g/mol. The third kappa shape index (κ3) is 1.84. The summed E-state index contributed by atoms with van der Waals surface area (Å²) >= 11 is 1.93. The normalized spacial score (nSPS) is 11.1. The summed E-state index contributed by atoms with van der Waals surface area (Å²) in [5.41, 5.74) is 9.33. The number of hydrogen-bond donors (Lipinski definition) is 1. The van der Waals surface area contributed by atoms with E-state index in [1.807, 2.05) is 23.9 Å². The summed E-state index contributed by atoms with van der Waals surface area (Å²) < 4.78 is 2.20. The van der Waals surface area contributed by atoms with Crippen LogP contribution >= 0.6 is 11.8 Å². The molecule has 3 heteroatoms. The van der Waals surface area contributed by atoms with Crippen LogP contribution in [0.5, 0.6) is 0 Å². The molecular formula is C12H16N2S. The molecule has 80 valence electrons. The Hall–Kier alpha value is -1.09. The van der Waals surface area contributed by atoms with Gasteiger partial charge in [-0.2, -0.15) is 11.8 Å². The van der Waals surface area contributed by atoms with E-state index in [1.165, 1.54) is 11.1 Å². The lowest BCUT2D eigenvalue weighted by molar-refractivity contribution is 0.911. The zero-order valence-corrected chi connectivity index (χ0v) is 9.97. The van der Waals surface area contributed by atoms with Crippen LogP contribution < -0.4 is 5.73 Å². The topological polar surface area (TPSA) is 30.9 Å². The molecule has 0 saturated carbocycles. The summed E-state index contributed by atoms with van der Waals surface area (Å²) in [4.78, 5) is 0. The van der Waals surface area contributed by atoms with E-state index in [9.17, 15) is 0 Å². The minimum atomic E-state index is 0.864. The lowest BCUT2D eigenvalue weighted by Gasteiger charge is -2.04. The first-order chi connectivity index (χ1) is 7.24. The highest BCUT2D eigenvalue weighted by atomic mass is 32.2. The molecule has 1 aromatic heterocycles. The van der Waals surface area contributed by atoms with Crippen molar-refractivity contribution in [1.82, 2.24) is 4.57 Å². The third-order valence-electron chi connectivity index (χ3n) is 2.64. The molecule has 1 heterocycles. The van der Waals surface area contributed by atoms with Gasteiger partial charge in [-0.1, -0.05) is 19.1 Å². The van der Waals surface area contributed by atoms with Gasteiger partial charge in [0.15, 0.2) is 0 Å². The Kier molecular flexibility index (Phi) is 2.91. The Bertz CT molecular complexity index is 474. The molecule has 15 heavy (non-hydrogen) atoms. The fourth-order valence-corrected chi connectivity index (χ4v) is 2.54. The summed E-state index contributed by atoms with van der Waals surface area (Å²) in [5, 5.41) is 1.24. The maximum Gasteiger partial charge on any atom is 0.0713 e. The molecule has 0 bridgehead atoms. The number of para-hydroxylation sites is 1. The molecule has 0 radical (unpaired) electrons. The second-order valence-electron chi connectivity index (χ2n) is 3.62.